The predicted octanol–water partition coefficient (Wildman–Crippen LogP) is 3.69. The van der Waals surface area contributed by atoms with Gasteiger partial charge in [-0.05, 0) is 41.9 Å². The molecule has 120 valence electrons. The van der Waals surface area contributed by atoms with Gasteiger partial charge < -0.3 is 4.74 Å². The van der Waals surface area contributed by atoms with Gasteiger partial charge in [0.15, 0.2) is 0 Å². The van der Waals surface area contributed by atoms with Crippen LogP contribution >= 0.6 is 0 Å². The number of aryl methyl sites for hydroxylation is 3. The minimum atomic E-state index is 0.0750. The summed E-state index contributed by atoms with van der Waals surface area (Å²) in [5.74, 6) is 1.01. The molecule has 0 aliphatic rings. The Kier molecular flexibility index (Phi) is 5.22. The van der Waals surface area contributed by atoms with Gasteiger partial charge in [0, 0.05) is 13.2 Å². The van der Waals surface area contributed by atoms with E-state index in [1.807, 2.05) is 13.2 Å². The molecule has 0 saturated heterocycles. The van der Waals surface area contributed by atoms with Gasteiger partial charge in [0.2, 0.25) is 0 Å². The predicted molar refractivity (Wildman–Crippen MR) is 89.3 cm³/mol. The zero-order valence-electron chi connectivity index (χ0n) is 14.4. The van der Waals surface area contributed by atoms with Crippen molar-refractivity contribution >= 4 is 0 Å². The lowest BCUT2D eigenvalue weighted by Gasteiger charge is -2.23. The molecular formula is C18H27N3O. The summed E-state index contributed by atoms with van der Waals surface area (Å²) in [6.45, 7) is 9.59. The molecule has 4 nitrogen and oxygen atoms in total. The molecule has 0 N–H and O–H groups in total. The van der Waals surface area contributed by atoms with Crippen LogP contribution in [-0.4, -0.2) is 21.6 Å². The van der Waals surface area contributed by atoms with Crippen molar-refractivity contribution < 1.29 is 4.74 Å². The fourth-order valence-electron chi connectivity index (χ4n) is 2.44. The van der Waals surface area contributed by atoms with Crippen LogP contribution in [0.2, 0.25) is 0 Å². The fourth-order valence-corrected chi connectivity index (χ4v) is 2.44. The van der Waals surface area contributed by atoms with Crippen LogP contribution < -0.4 is 4.74 Å². The number of aromatic nitrogens is 3. The first-order valence-corrected chi connectivity index (χ1v) is 8.01. The Morgan fingerprint density at radius 2 is 1.95 bits per heavy atom. The molecule has 0 fully saturated rings. The molecule has 1 aromatic heterocycles. The third-order valence-corrected chi connectivity index (χ3v) is 3.63. The van der Waals surface area contributed by atoms with E-state index in [0.717, 1.165) is 37.3 Å². The average Bonchev–Trinajstić information content (AvgIpc) is 2.88. The Bertz CT molecular complexity index is 611. The van der Waals surface area contributed by atoms with E-state index >= 15 is 0 Å². The molecule has 4 heteroatoms. The third-order valence-electron chi connectivity index (χ3n) is 3.63. The lowest BCUT2D eigenvalue weighted by Crippen LogP contribution is -2.14. The van der Waals surface area contributed by atoms with Crippen molar-refractivity contribution in [3.05, 3.63) is 41.2 Å². The van der Waals surface area contributed by atoms with Crippen molar-refractivity contribution in [3.63, 3.8) is 0 Å². The van der Waals surface area contributed by atoms with Gasteiger partial charge in [0.05, 0.1) is 12.3 Å². The third kappa shape index (κ3) is 4.33. The van der Waals surface area contributed by atoms with Gasteiger partial charge in [-0.25, -0.2) is 0 Å². The number of ether oxygens (including phenoxy) is 1. The van der Waals surface area contributed by atoms with E-state index in [4.69, 9.17) is 4.74 Å². The van der Waals surface area contributed by atoms with Crippen LogP contribution in [0.1, 0.15) is 50.9 Å². The molecular weight excluding hydrogens is 274 g/mol. The van der Waals surface area contributed by atoms with E-state index < -0.39 is 0 Å². The summed E-state index contributed by atoms with van der Waals surface area (Å²) in [6.07, 6.45) is 4.88. The topological polar surface area (TPSA) is 39.9 Å². The standard InChI is InChI=1S/C18H27N3O/c1-6-11-22-17-10-8-14(12-16(17)18(2,3)4)7-9-15-13-21(5)20-19-15/h8,10,12-13H,6-7,9,11H2,1-5H3. The Labute approximate surface area is 133 Å². The van der Waals surface area contributed by atoms with Crippen LogP contribution in [0.5, 0.6) is 5.75 Å². The van der Waals surface area contributed by atoms with Crippen LogP contribution in [0.4, 0.5) is 0 Å². The molecule has 0 aliphatic heterocycles. The maximum atomic E-state index is 5.91. The minimum absolute atomic E-state index is 0.0750. The summed E-state index contributed by atoms with van der Waals surface area (Å²) < 4.78 is 7.66. The van der Waals surface area contributed by atoms with Crippen LogP contribution in [0.3, 0.4) is 0 Å². The Balaban J connectivity index is 2.15. The van der Waals surface area contributed by atoms with Crippen LogP contribution in [0.25, 0.3) is 0 Å². The number of rotatable bonds is 6. The first-order chi connectivity index (χ1) is 10.4. The van der Waals surface area contributed by atoms with Crippen LogP contribution in [0, 0.1) is 0 Å². The second-order valence-electron chi connectivity index (χ2n) is 6.81. The molecule has 2 aromatic rings. The Morgan fingerprint density at radius 1 is 1.18 bits per heavy atom. The van der Waals surface area contributed by atoms with Gasteiger partial charge in [-0.3, -0.25) is 4.68 Å². The molecule has 0 spiro atoms. The van der Waals surface area contributed by atoms with Crippen molar-refractivity contribution in [2.75, 3.05) is 6.61 Å². The van der Waals surface area contributed by atoms with Crippen molar-refractivity contribution in [2.24, 2.45) is 7.05 Å². The second kappa shape index (κ2) is 6.95. The van der Waals surface area contributed by atoms with Crippen molar-refractivity contribution in [3.8, 4) is 5.75 Å². The maximum Gasteiger partial charge on any atom is 0.123 e. The van der Waals surface area contributed by atoms with Gasteiger partial charge in [-0.15, -0.1) is 5.10 Å². The molecule has 0 atom stereocenters. The molecule has 0 radical (unpaired) electrons. The summed E-state index contributed by atoms with van der Waals surface area (Å²) >= 11 is 0. The summed E-state index contributed by atoms with van der Waals surface area (Å²) in [4.78, 5) is 0. The molecule has 1 heterocycles. The van der Waals surface area contributed by atoms with E-state index in [2.05, 4.69) is 56.2 Å². The first kappa shape index (κ1) is 16.5. The number of hydrogen-bond donors (Lipinski definition) is 0. The Morgan fingerprint density at radius 3 is 2.55 bits per heavy atom. The zero-order chi connectivity index (χ0) is 16.2. The van der Waals surface area contributed by atoms with Gasteiger partial charge in [0.25, 0.3) is 0 Å². The molecule has 22 heavy (non-hydrogen) atoms. The lowest BCUT2D eigenvalue weighted by atomic mass is 9.85. The number of benzene rings is 1. The van der Waals surface area contributed by atoms with Crippen LogP contribution in [-0.2, 0) is 25.3 Å². The molecule has 0 amide bonds. The Hall–Kier alpha value is -1.84. The number of hydrogen-bond acceptors (Lipinski definition) is 3. The molecule has 2 rings (SSSR count). The van der Waals surface area contributed by atoms with E-state index in [0.29, 0.717) is 0 Å². The van der Waals surface area contributed by atoms with Gasteiger partial charge in [0.1, 0.15) is 5.75 Å². The molecule has 0 unspecified atom stereocenters. The van der Waals surface area contributed by atoms with Gasteiger partial charge >= 0.3 is 0 Å². The van der Waals surface area contributed by atoms with Gasteiger partial charge in [-0.2, -0.15) is 0 Å². The number of nitrogens with zero attached hydrogens (tertiary/aromatic N) is 3. The second-order valence-corrected chi connectivity index (χ2v) is 6.81. The van der Waals surface area contributed by atoms with Crippen molar-refractivity contribution in [2.45, 2.75) is 52.4 Å². The monoisotopic (exact) mass is 301 g/mol. The van der Waals surface area contributed by atoms with Gasteiger partial charge in [-0.1, -0.05) is 45.0 Å². The molecule has 0 saturated carbocycles. The SMILES string of the molecule is CCCOc1ccc(CCc2cn(C)nn2)cc1C(C)(C)C. The highest BCUT2D eigenvalue weighted by Gasteiger charge is 2.19. The highest BCUT2D eigenvalue weighted by molar-refractivity contribution is 5.41. The first-order valence-electron chi connectivity index (χ1n) is 8.01. The molecule has 1 aromatic carbocycles. The highest BCUT2D eigenvalue weighted by atomic mass is 16.5. The minimum Gasteiger partial charge on any atom is -0.493 e. The quantitative estimate of drug-likeness (QED) is 0.817. The van der Waals surface area contributed by atoms with E-state index in [1.54, 1.807) is 4.68 Å². The van der Waals surface area contributed by atoms with E-state index in [-0.39, 0.29) is 5.41 Å². The molecule has 0 bridgehead atoms. The smallest absolute Gasteiger partial charge is 0.123 e. The van der Waals surface area contributed by atoms with Crippen LogP contribution in [0.15, 0.2) is 24.4 Å². The molecule has 0 aliphatic carbocycles. The van der Waals surface area contributed by atoms with E-state index in [9.17, 15) is 0 Å². The van der Waals surface area contributed by atoms with Crippen molar-refractivity contribution in [1.82, 2.24) is 15.0 Å². The summed E-state index contributed by atoms with van der Waals surface area (Å²) in [7, 11) is 1.90. The average molecular weight is 301 g/mol. The van der Waals surface area contributed by atoms with E-state index in [1.165, 1.54) is 11.1 Å². The normalized spacial score (nSPS) is 11.7. The fraction of sp³-hybridized carbons (Fsp3) is 0.556. The highest BCUT2D eigenvalue weighted by Crippen LogP contribution is 2.32. The zero-order valence-corrected chi connectivity index (χ0v) is 14.4. The van der Waals surface area contributed by atoms with Crippen molar-refractivity contribution in [1.29, 1.82) is 0 Å². The largest absolute Gasteiger partial charge is 0.493 e. The lowest BCUT2D eigenvalue weighted by molar-refractivity contribution is 0.308. The maximum absolute atomic E-state index is 5.91. The summed E-state index contributed by atoms with van der Waals surface area (Å²) in [5.41, 5.74) is 3.70. The summed E-state index contributed by atoms with van der Waals surface area (Å²) in [6, 6.07) is 6.56. The summed E-state index contributed by atoms with van der Waals surface area (Å²) in [5, 5.41) is 8.13.